The minimum absolute atomic E-state index is 0.0169. The van der Waals surface area contributed by atoms with E-state index in [1.807, 2.05) is 6.26 Å². The smallest absolute Gasteiger partial charge is 0.269 e. The number of amides is 1. The second-order valence-corrected chi connectivity index (χ2v) is 9.62. The predicted molar refractivity (Wildman–Crippen MR) is 114 cm³/mol. The van der Waals surface area contributed by atoms with Crippen LogP contribution in [0.1, 0.15) is 0 Å². The summed E-state index contributed by atoms with van der Waals surface area (Å²) >= 11 is 2.52. The summed E-state index contributed by atoms with van der Waals surface area (Å²) in [6.07, 6.45) is 1.81. The first-order valence-corrected chi connectivity index (χ1v) is 11.8. The lowest BCUT2D eigenvalue weighted by Crippen LogP contribution is -2.38. The number of aromatic nitrogens is 2. The van der Waals surface area contributed by atoms with Crippen LogP contribution in [0.4, 0.5) is 16.5 Å². The minimum atomic E-state index is -4.11. The zero-order valence-electron chi connectivity index (χ0n) is 15.5. The number of nitrogens with one attached hydrogen (secondary N) is 1. The Morgan fingerprint density at radius 1 is 1.17 bits per heavy atom. The number of nitro groups is 1. The maximum Gasteiger partial charge on any atom is 0.269 e. The lowest BCUT2D eigenvalue weighted by atomic mass is 10.3. The van der Waals surface area contributed by atoms with E-state index in [2.05, 4.69) is 15.5 Å². The van der Waals surface area contributed by atoms with Crippen molar-refractivity contribution in [2.24, 2.45) is 0 Å². The molecule has 0 saturated heterocycles. The van der Waals surface area contributed by atoms with Gasteiger partial charge in [-0.3, -0.25) is 24.5 Å². The van der Waals surface area contributed by atoms with E-state index in [1.165, 1.54) is 48.2 Å². The molecule has 1 heterocycles. The lowest BCUT2D eigenvalue weighted by Gasteiger charge is -2.23. The number of nitro benzene ring substituents is 1. The molecule has 0 bridgehead atoms. The standard InChI is InChI=1S/C17H15N5O5S3/c1-28-17-20-19-16(29-17)18-15(23)11-21(12-7-9-13(10-8-12)22(24)25)30(26,27)14-5-3-2-4-6-14/h2-10H,11H2,1H3,(H,18,19,23). The zero-order chi connectivity index (χ0) is 21.7. The van der Waals surface area contributed by atoms with E-state index >= 15 is 0 Å². The number of nitrogens with zero attached hydrogens (tertiary/aromatic N) is 4. The van der Waals surface area contributed by atoms with E-state index < -0.39 is 27.4 Å². The highest BCUT2D eigenvalue weighted by Crippen LogP contribution is 2.27. The average molecular weight is 466 g/mol. The number of sulfonamides is 1. The summed E-state index contributed by atoms with van der Waals surface area (Å²) in [5.74, 6) is -0.628. The van der Waals surface area contributed by atoms with Crippen LogP contribution in [0, 0.1) is 10.1 Å². The van der Waals surface area contributed by atoms with Crippen LogP contribution in [0.3, 0.4) is 0 Å². The molecule has 0 atom stereocenters. The molecule has 0 unspecified atom stereocenters. The largest absolute Gasteiger partial charge is 0.299 e. The third-order valence-electron chi connectivity index (χ3n) is 3.79. The molecule has 0 radical (unpaired) electrons. The number of carbonyl (C=O) groups excluding carboxylic acids is 1. The van der Waals surface area contributed by atoms with Gasteiger partial charge in [-0.05, 0) is 30.5 Å². The molecular weight excluding hydrogens is 450 g/mol. The number of carbonyl (C=O) groups is 1. The van der Waals surface area contributed by atoms with Crippen LogP contribution in [-0.2, 0) is 14.8 Å². The number of hydrogen-bond acceptors (Lipinski definition) is 9. The van der Waals surface area contributed by atoms with Crippen LogP contribution in [-0.4, -0.2) is 42.2 Å². The van der Waals surface area contributed by atoms with Crippen molar-refractivity contribution in [3.05, 3.63) is 64.7 Å². The van der Waals surface area contributed by atoms with Crippen LogP contribution in [0.2, 0.25) is 0 Å². The Labute approximate surface area is 180 Å². The van der Waals surface area contributed by atoms with Crippen molar-refractivity contribution in [2.75, 3.05) is 22.4 Å². The molecule has 0 spiro atoms. The third-order valence-corrected chi connectivity index (χ3v) is 7.40. The van der Waals surface area contributed by atoms with Gasteiger partial charge in [-0.15, -0.1) is 10.2 Å². The molecule has 0 fully saturated rings. The van der Waals surface area contributed by atoms with E-state index in [-0.39, 0.29) is 21.4 Å². The van der Waals surface area contributed by atoms with E-state index in [1.54, 1.807) is 18.2 Å². The molecule has 0 aliphatic rings. The number of benzene rings is 2. The van der Waals surface area contributed by atoms with Gasteiger partial charge in [-0.2, -0.15) is 0 Å². The normalized spacial score (nSPS) is 11.1. The van der Waals surface area contributed by atoms with Crippen molar-refractivity contribution in [1.82, 2.24) is 10.2 Å². The summed E-state index contributed by atoms with van der Waals surface area (Å²) in [6, 6.07) is 12.5. The Morgan fingerprint density at radius 3 is 2.40 bits per heavy atom. The molecule has 2 aromatic carbocycles. The van der Waals surface area contributed by atoms with Gasteiger partial charge in [0, 0.05) is 12.1 Å². The van der Waals surface area contributed by atoms with Crippen LogP contribution in [0.25, 0.3) is 0 Å². The molecule has 0 aliphatic carbocycles. The second kappa shape index (κ2) is 9.19. The Kier molecular flexibility index (Phi) is 6.64. The summed E-state index contributed by atoms with van der Waals surface area (Å²) in [5, 5.41) is 21.4. The minimum Gasteiger partial charge on any atom is -0.299 e. The molecule has 0 saturated carbocycles. The fourth-order valence-electron chi connectivity index (χ4n) is 2.41. The van der Waals surface area contributed by atoms with Gasteiger partial charge in [0.2, 0.25) is 11.0 Å². The van der Waals surface area contributed by atoms with Gasteiger partial charge in [0.05, 0.1) is 15.5 Å². The summed E-state index contributed by atoms with van der Waals surface area (Å²) in [7, 11) is -4.11. The Balaban J connectivity index is 1.92. The third kappa shape index (κ3) is 4.93. The van der Waals surface area contributed by atoms with E-state index in [9.17, 15) is 23.3 Å². The van der Waals surface area contributed by atoms with Crippen LogP contribution in [0.15, 0.2) is 63.8 Å². The molecule has 3 aromatic rings. The van der Waals surface area contributed by atoms with Crippen molar-refractivity contribution < 1.29 is 18.1 Å². The van der Waals surface area contributed by atoms with Crippen molar-refractivity contribution in [1.29, 1.82) is 0 Å². The molecule has 10 nitrogen and oxygen atoms in total. The second-order valence-electron chi connectivity index (χ2n) is 5.72. The molecule has 0 aliphatic heterocycles. The maximum absolute atomic E-state index is 13.2. The summed E-state index contributed by atoms with van der Waals surface area (Å²) < 4.78 is 27.9. The SMILES string of the molecule is CSc1nnc(NC(=O)CN(c2ccc([N+](=O)[O-])cc2)S(=O)(=O)c2ccccc2)s1. The Hall–Kier alpha value is -3.03. The fourth-order valence-corrected chi connectivity index (χ4v) is 5.04. The van der Waals surface area contributed by atoms with Gasteiger partial charge in [0.25, 0.3) is 15.7 Å². The molecule has 1 N–H and O–H groups in total. The molecule has 156 valence electrons. The highest BCUT2D eigenvalue weighted by atomic mass is 32.2. The first-order valence-electron chi connectivity index (χ1n) is 8.31. The van der Waals surface area contributed by atoms with Crippen molar-refractivity contribution in [3.8, 4) is 0 Å². The number of rotatable bonds is 8. The van der Waals surface area contributed by atoms with Gasteiger partial charge >= 0.3 is 0 Å². The number of hydrogen-bond donors (Lipinski definition) is 1. The quantitative estimate of drug-likeness (QED) is 0.232. The van der Waals surface area contributed by atoms with Crippen LogP contribution in [0.5, 0.6) is 0 Å². The summed E-state index contributed by atoms with van der Waals surface area (Å²) in [4.78, 5) is 22.8. The maximum atomic E-state index is 13.2. The van der Waals surface area contributed by atoms with Gasteiger partial charge in [-0.25, -0.2) is 8.42 Å². The van der Waals surface area contributed by atoms with Gasteiger partial charge < -0.3 is 0 Å². The highest BCUT2D eigenvalue weighted by molar-refractivity contribution is 8.00. The van der Waals surface area contributed by atoms with Gasteiger partial charge in [0.15, 0.2) is 4.34 Å². The Morgan fingerprint density at radius 2 is 1.83 bits per heavy atom. The first kappa shape index (κ1) is 21.7. The zero-order valence-corrected chi connectivity index (χ0v) is 17.9. The first-order chi connectivity index (χ1) is 14.3. The van der Waals surface area contributed by atoms with Crippen LogP contribution >= 0.6 is 23.1 Å². The molecule has 1 amide bonds. The van der Waals surface area contributed by atoms with Crippen molar-refractivity contribution >= 4 is 55.5 Å². The fraction of sp³-hybridized carbons (Fsp3) is 0.118. The predicted octanol–water partition coefficient (Wildman–Crippen LogP) is 3.00. The number of anilines is 2. The molecule has 3 rings (SSSR count). The molecule has 30 heavy (non-hydrogen) atoms. The monoisotopic (exact) mass is 465 g/mol. The molecular formula is C17H15N5O5S3. The van der Waals surface area contributed by atoms with E-state index in [0.717, 1.165) is 15.6 Å². The van der Waals surface area contributed by atoms with Crippen molar-refractivity contribution in [2.45, 2.75) is 9.24 Å². The highest BCUT2D eigenvalue weighted by Gasteiger charge is 2.28. The number of non-ortho nitro benzene ring substituents is 1. The topological polar surface area (TPSA) is 135 Å². The van der Waals surface area contributed by atoms with Crippen LogP contribution < -0.4 is 9.62 Å². The van der Waals surface area contributed by atoms with E-state index in [4.69, 9.17) is 0 Å². The Bertz CT molecular complexity index is 1150. The average Bonchev–Trinajstić information content (AvgIpc) is 3.20. The number of thioether (sulfide) groups is 1. The molecule has 13 heteroatoms. The van der Waals surface area contributed by atoms with E-state index in [0.29, 0.717) is 4.34 Å². The van der Waals surface area contributed by atoms with Gasteiger partial charge in [0.1, 0.15) is 6.54 Å². The van der Waals surface area contributed by atoms with Gasteiger partial charge in [-0.1, -0.05) is 41.3 Å². The lowest BCUT2D eigenvalue weighted by molar-refractivity contribution is -0.384. The molecule has 1 aromatic heterocycles. The summed E-state index contributed by atoms with van der Waals surface area (Å²) in [6.45, 7) is -0.552. The van der Waals surface area contributed by atoms with Crippen molar-refractivity contribution in [3.63, 3.8) is 0 Å². The summed E-state index contributed by atoms with van der Waals surface area (Å²) in [5.41, 5.74) is -0.0830.